The minimum atomic E-state index is 0.570. The van der Waals surface area contributed by atoms with Crippen molar-refractivity contribution >= 4 is 21.6 Å². The van der Waals surface area contributed by atoms with Gasteiger partial charge in [0.1, 0.15) is 0 Å². The van der Waals surface area contributed by atoms with Gasteiger partial charge in [0.25, 0.3) is 0 Å². The van der Waals surface area contributed by atoms with Crippen LogP contribution in [0.25, 0.3) is 23.2 Å². The summed E-state index contributed by atoms with van der Waals surface area (Å²) in [5, 5.41) is 15.0. The highest BCUT2D eigenvalue weighted by Gasteiger charge is 2.12. The van der Waals surface area contributed by atoms with E-state index in [1.807, 2.05) is 12.1 Å². The summed E-state index contributed by atoms with van der Waals surface area (Å²) in [6.45, 7) is 0. The van der Waals surface area contributed by atoms with E-state index in [9.17, 15) is 0 Å². The monoisotopic (exact) mass is 332 g/mol. The van der Waals surface area contributed by atoms with E-state index in [1.54, 1.807) is 24.7 Å². The summed E-state index contributed by atoms with van der Waals surface area (Å²) in [5.74, 6) is 2.45. The SMILES string of the molecule is c1coc(-c2nc(SSc3n[nH]c(-c4ccco4)n3)n[nH]2)c1. The Balaban J connectivity index is 1.43. The molecule has 0 bridgehead atoms. The fraction of sp³-hybridized carbons (Fsp3) is 0. The molecule has 0 aliphatic heterocycles. The topological polar surface area (TPSA) is 109 Å². The van der Waals surface area contributed by atoms with Gasteiger partial charge in [-0.3, -0.25) is 10.2 Å². The van der Waals surface area contributed by atoms with Crippen LogP contribution in [0, 0.1) is 0 Å². The average molecular weight is 332 g/mol. The van der Waals surface area contributed by atoms with Crippen molar-refractivity contribution in [2.45, 2.75) is 10.3 Å². The van der Waals surface area contributed by atoms with Crippen LogP contribution in [0.4, 0.5) is 0 Å². The minimum absolute atomic E-state index is 0.570. The van der Waals surface area contributed by atoms with Gasteiger partial charge in [0.15, 0.2) is 23.2 Å². The molecule has 4 heterocycles. The second-order valence-corrected chi connectivity index (χ2v) is 6.12. The van der Waals surface area contributed by atoms with Gasteiger partial charge >= 0.3 is 0 Å². The van der Waals surface area contributed by atoms with E-state index < -0.39 is 0 Å². The third kappa shape index (κ3) is 2.65. The zero-order chi connectivity index (χ0) is 14.8. The van der Waals surface area contributed by atoms with Crippen LogP contribution in [0.3, 0.4) is 0 Å². The third-order valence-corrected chi connectivity index (χ3v) is 4.52. The standard InChI is InChI=1S/C12H8N6O2S2/c1-3-7(19-5-1)9-13-11(17-15-9)21-22-12-14-10(16-18-12)8-4-2-6-20-8/h1-6H,(H,13,15,17)(H,14,16,18). The molecular weight excluding hydrogens is 324 g/mol. The van der Waals surface area contributed by atoms with E-state index in [-0.39, 0.29) is 0 Å². The predicted molar refractivity (Wildman–Crippen MR) is 79.9 cm³/mol. The Morgan fingerprint density at radius 2 is 1.27 bits per heavy atom. The minimum Gasteiger partial charge on any atom is -0.461 e. The van der Waals surface area contributed by atoms with Gasteiger partial charge in [-0.1, -0.05) is 0 Å². The van der Waals surface area contributed by atoms with E-state index >= 15 is 0 Å². The number of hydrogen-bond acceptors (Lipinski definition) is 8. The zero-order valence-corrected chi connectivity index (χ0v) is 12.5. The Labute approximate surface area is 131 Å². The molecule has 0 amide bonds. The molecule has 8 nitrogen and oxygen atoms in total. The lowest BCUT2D eigenvalue weighted by Crippen LogP contribution is -1.76. The van der Waals surface area contributed by atoms with Crippen molar-refractivity contribution in [1.29, 1.82) is 0 Å². The predicted octanol–water partition coefficient (Wildman–Crippen LogP) is 3.24. The summed E-state index contributed by atoms with van der Waals surface area (Å²) in [6, 6.07) is 7.21. The maximum atomic E-state index is 5.25. The quantitative estimate of drug-likeness (QED) is 0.536. The molecule has 0 aliphatic carbocycles. The van der Waals surface area contributed by atoms with Crippen LogP contribution in [0.5, 0.6) is 0 Å². The molecule has 10 heteroatoms. The van der Waals surface area contributed by atoms with Crippen LogP contribution < -0.4 is 0 Å². The van der Waals surface area contributed by atoms with E-state index in [0.29, 0.717) is 33.5 Å². The number of nitrogens with one attached hydrogen (secondary N) is 2. The van der Waals surface area contributed by atoms with Crippen molar-refractivity contribution in [2.24, 2.45) is 0 Å². The first-order chi connectivity index (χ1) is 10.9. The van der Waals surface area contributed by atoms with E-state index in [0.717, 1.165) is 0 Å². The molecule has 22 heavy (non-hydrogen) atoms. The van der Waals surface area contributed by atoms with Crippen LogP contribution in [-0.2, 0) is 0 Å². The Kier molecular flexibility index (Phi) is 3.45. The highest BCUT2D eigenvalue weighted by molar-refractivity contribution is 8.76. The number of aromatic nitrogens is 6. The average Bonchev–Trinajstić information content (AvgIpc) is 3.33. The molecule has 2 N–H and O–H groups in total. The highest BCUT2D eigenvalue weighted by Crippen LogP contribution is 2.34. The molecular formula is C12H8N6O2S2. The molecule has 0 radical (unpaired) electrons. The first-order valence-electron chi connectivity index (χ1n) is 6.15. The molecule has 0 saturated carbocycles. The molecule has 4 aromatic rings. The number of nitrogens with zero attached hydrogens (tertiary/aromatic N) is 4. The Hall–Kier alpha value is -2.46. The molecule has 0 spiro atoms. The summed E-state index contributed by atoms with van der Waals surface area (Å²) < 4.78 is 10.5. The molecule has 4 aromatic heterocycles. The fourth-order valence-corrected chi connectivity index (χ4v) is 3.16. The van der Waals surface area contributed by atoms with Crippen molar-refractivity contribution in [1.82, 2.24) is 30.4 Å². The highest BCUT2D eigenvalue weighted by atomic mass is 33.1. The van der Waals surface area contributed by atoms with Crippen LogP contribution in [0.2, 0.25) is 0 Å². The van der Waals surface area contributed by atoms with E-state index in [4.69, 9.17) is 8.83 Å². The molecule has 0 aliphatic rings. The van der Waals surface area contributed by atoms with Crippen molar-refractivity contribution < 1.29 is 8.83 Å². The van der Waals surface area contributed by atoms with Crippen LogP contribution in [0.15, 0.2) is 55.9 Å². The normalized spacial score (nSPS) is 11.1. The van der Waals surface area contributed by atoms with Gasteiger partial charge in [-0.05, 0) is 45.9 Å². The first kappa shape index (κ1) is 13.2. The molecule has 110 valence electrons. The summed E-state index contributed by atoms with van der Waals surface area (Å²) >= 11 is 0. The lowest BCUT2D eigenvalue weighted by Gasteiger charge is -1.89. The van der Waals surface area contributed by atoms with Gasteiger partial charge in [0.05, 0.1) is 12.5 Å². The number of hydrogen-bond donors (Lipinski definition) is 2. The second-order valence-electron chi connectivity index (χ2n) is 4.05. The third-order valence-electron chi connectivity index (χ3n) is 2.63. The van der Waals surface area contributed by atoms with Gasteiger partial charge < -0.3 is 8.83 Å². The van der Waals surface area contributed by atoms with Crippen LogP contribution >= 0.6 is 21.6 Å². The lowest BCUT2D eigenvalue weighted by molar-refractivity contribution is 0.577. The number of H-pyrrole nitrogens is 2. The summed E-state index contributed by atoms with van der Waals surface area (Å²) in [6.07, 6.45) is 3.17. The van der Waals surface area contributed by atoms with Crippen molar-refractivity contribution in [3.8, 4) is 23.2 Å². The number of furan rings is 2. The lowest BCUT2D eigenvalue weighted by atomic mass is 10.4. The molecule has 0 fully saturated rings. The second kappa shape index (κ2) is 5.73. The Bertz CT molecular complexity index is 780. The van der Waals surface area contributed by atoms with Crippen molar-refractivity contribution in [3.63, 3.8) is 0 Å². The van der Waals surface area contributed by atoms with Gasteiger partial charge in [-0.25, -0.2) is 0 Å². The first-order valence-corrected chi connectivity index (χ1v) is 8.30. The summed E-state index contributed by atoms with van der Waals surface area (Å²) in [7, 11) is 2.70. The molecule has 0 saturated heterocycles. The molecule has 0 atom stereocenters. The summed E-state index contributed by atoms with van der Waals surface area (Å²) in [4.78, 5) is 8.64. The van der Waals surface area contributed by atoms with Crippen molar-refractivity contribution in [2.75, 3.05) is 0 Å². The van der Waals surface area contributed by atoms with Gasteiger partial charge in [-0.2, -0.15) is 9.97 Å². The Morgan fingerprint density at radius 1 is 0.773 bits per heavy atom. The Morgan fingerprint density at radius 3 is 1.68 bits per heavy atom. The maximum absolute atomic E-state index is 5.25. The summed E-state index contributed by atoms with van der Waals surface area (Å²) in [5.41, 5.74) is 0. The van der Waals surface area contributed by atoms with Gasteiger partial charge in [-0.15, -0.1) is 10.2 Å². The molecule has 0 aromatic carbocycles. The zero-order valence-electron chi connectivity index (χ0n) is 10.9. The van der Waals surface area contributed by atoms with E-state index in [2.05, 4.69) is 30.4 Å². The molecule has 0 unspecified atom stereocenters. The van der Waals surface area contributed by atoms with Gasteiger partial charge in [0.2, 0.25) is 10.3 Å². The largest absolute Gasteiger partial charge is 0.461 e. The number of rotatable bonds is 5. The van der Waals surface area contributed by atoms with Crippen LogP contribution in [0.1, 0.15) is 0 Å². The maximum Gasteiger partial charge on any atom is 0.219 e. The van der Waals surface area contributed by atoms with Crippen molar-refractivity contribution in [3.05, 3.63) is 36.8 Å². The van der Waals surface area contributed by atoms with Gasteiger partial charge in [0, 0.05) is 0 Å². The smallest absolute Gasteiger partial charge is 0.219 e. The number of aromatic amines is 2. The van der Waals surface area contributed by atoms with E-state index in [1.165, 1.54) is 21.6 Å². The van der Waals surface area contributed by atoms with Crippen LogP contribution in [-0.4, -0.2) is 30.4 Å². The fourth-order valence-electron chi connectivity index (χ4n) is 1.69. The molecule has 4 rings (SSSR count).